The number of benzene rings is 2. The van der Waals surface area contributed by atoms with E-state index in [1.807, 2.05) is 0 Å². The summed E-state index contributed by atoms with van der Waals surface area (Å²) in [7, 11) is 0. The second-order valence-corrected chi connectivity index (χ2v) is 9.08. The van der Waals surface area contributed by atoms with E-state index in [1.165, 1.54) is 0 Å². The molecule has 0 aliphatic heterocycles. The first-order valence-corrected chi connectivity index (χ1v) is 11.3. The van der Waals surface area contributed by atoms with Crippen LogP contribution in [0.15, 0.2) is 50.1 Å². The van der Waals surface area contributed by atoms with E-state index in [2.05, 4.69) is 15.9 Å². The normalized spacial score (nSPS) is 18.0. The minimum atomic E-state index is -4.75. The van der Waals surface area contributed by atoms with Gasteiger partial charge in [-0.15, -0.1) is 0 Å². The molecule has 0 radical (unpaired) electrons. The molecule has 2 aromatic carbocycles. The fraction of sp³-hybridized carbons (Fsp3) is 0.304. The lowest BCUT2D eigenvalue weighted by molar-refractivity contribution is -0.151. The molecule has 180 valence electrons. The van der Waals surface area contributed by atoms with E-state index in [9.17, 15) is 22.8 Å². The summed E-state index contributed by atoms with van der Waals surface area (Å²) in [5.74, 6) is -0.927. The Labute approximate surface area is 204 Å². The number of hydrogen-bond donors (Lipinski definition) is 1. The quantitative estimate of drug-likeness (QED) is 0.348. The van der Waals surface area contributed by atoms with Gasteiger partial charge in [-0.2, -0.15) is 13.2 Å². The van der Waals surface area contributed by atoms with Crippen molar-refractivity contribution in [2.24, 2.45) is 5.92 Å². The van der Waals surface area contributed by atoms with Crippen LogP contribution in [0.4, 0.5) is 13.2 Å². The van der Waals surface area contributed by atoms with E-state index in [4.69, 9.17) is 30.6 Å². The fourth-order valence-electron chi connectivity index (χ4n) is 3.69. The molecule has 0 amide bonds. The summed E-state index contributed by atoms with van der Waals surface area (Å²) < 4.78 is 57.9. The SMILES string of the molecule is O=c1cc(-c2ccc(Br)cc2OCCO[C@H]2C[C@@H](C(=O)O)C2)oc2c(Cl)ccc(C(F)(F)F)c12. The highest BCUT2D eigenvalue weighted by molar-refractivity contribution is 9.10. The van der Waals surface area contributed by atoms with Crippen molar-refractivity contribution in [2.75, 3.05) is 13.2 Å². The van der Waals surface area contributed by atoms with Crippen molar-refractivity contribution in [2.45, 2.75) is 25.1 Å². The lowest BCUT2D eigenvalue weighted by atomic mass is 9.82. The molecule has 1 aliphatic carbocycles. The molecule has 0 atom stereocenters. The first-order chi connectivity index (χ1) is 16.0. The number of fused-ring (bicyclic) bond motifs is 1. The molecule has 0 saturated heterocycles. The molecule has 1 saturated carbocycles. The van der Waals surface area contributed by atoms with Gasteiger partial charge in [-0.3, -0.25) is 9.59 Å². The van der Waals surface area contributed by atoms with Gasteiger partial charge in [0.2, 0.25) is 0 Å². The topological polar surface area (TPSA) is 86.0 Å². The third kappa shape index (κ3) is 5.08. The molecule has 34 heavy (non-hydrogen) atoms. The summed E-state index contributed by atoms with van der Waals surface area (Å²) in [6, 6.07) is 7.63. The Hall–Kier alpha value is -2.56. The molecular formula is C23H17BrClF3O6. The highest BCUT2D eigenvalue weighted by Crippen LogP contribution is 2.39. The van der Waals surface area contributed by atoms with Gasteiger partial charge in [-0.25, -0.2) is 0 Å². The maximum absolute atomic E-state index is 13.4. The zero-order valence-electron chi connectivity index (χ0n) is 17.3. The van der Waals surface area contributed by atoms with E-state index < -0.39 is 28.5 Å². The minimum absolute atomic E-state index is 0.00886. The van der Waals surface area contributed by atoms with Crippen LogP contribution in [0.5, 0.6) is 5.75 Å². The van der Waals surface area contributed by atoms with E-state index in [0.29, 0.717) is 28.6 Å². The van der Waals surface area contributed by atoms with Gasteiger partial charge in [0.25, 0.3) is 0 Å². The largest absolute Gasteiger partial charge is 0.490 e. The Bertz CT molecular complexity index is 1300. The summed E-state index contributed by atoms with van der Waals surface area (Å²) in [4.78, 5) is 23.6. The first kappa shape index (κ1) is 24.6. The first-order valence-electron chi connectivity index (χ1n) is 10.1. The van der Waals surface area contributed by atoms with E-state index >= 15 is 0 Å². The molecule has 11 heteroatoms. The zero-order valence-corrected chi connectivity index (χ0v) is 19.7. The molecule has 1 N–H and O–H groups in total. The van der Waals surface area contributed by atoms with Crippen molar-refractivity contribution in [3.05, 3.63) is 61.7 Å². The zero-order chi connectivity index (χ0) is 24.6. The monoisotopic (exact) mass is 560 g/mol. The molecule has 1 aliphatic rings. The standard InChI is InChI=1S/C23H17BrClF3O6/c24-12-1-2-14(18(9-12)33-6-5-32-13-7-11(8-13)22(30)31)19-10-17(29)20-15(23(26,27)28)3-4-16(25)21(20)34-19/h1-4,9-11,13H,5-8H2,(H,30,31)/t11-,13+. The van der Waals surface area contributed by atoms with E-state index in [1.54, 1.807) is 18.2 Å². The summed E-state index contributed by atoms with van der Waals surface area (Å²) in [5.41, 5.74) is -2.04. The van der Waals surface area contributed by atoms with Crippen LogP contribution in [-0.4, -0.2) is 30.4 Å². The summed E-state index contributed by atoms with van der Waals surface area (Å²) in [5, 5.41) is 8.14. The lowest BCUT2D eigenvalue weighted by Gasteiger charge is -2.32. The third-order valence-corrected chi connectivity index (χ3v) is 6.27. The third-order valence-electron chi connectivity index (χ3n) is 5.48. The summed E-state index contributed by atoms with van der Waals surface area (Å²) in [6.07, 6.45) is -4.01. The average molecular weight is 562 g/mol. The molecule has 0 unspecified atom stereocenters. The van der Waals surface area contributed by atoms with Crippen molar-refractivity contribution in [1.82, 2.24) is 0 Å². The van der Waals surface area contributed by atoms with Crippen LogP contribution in [0.3, 0.4) is 0 Å². The van der Waals surface area contributed by atoms with Gasteiger partial charge in [0.15, 0.2) is 11.0 Å². The number of carbonyl (C=O) groups is 1. The fourth-order valence-corrected chi connectivity index (χ4v) is 4.23. The number of alkyl halides is 3. The van der Waals surface area contributed by atoms with Crippen molar-refractivity contribution < 1.29 is 37.0 Å². The number of ether oxygens (including phenoxy) is 2. The second-order valence-electron chi connectivity index (χ2n) is 7.76. The highest BCUT2D eigenvalue weighted by Gasteiger charge is 2.36. The molecule has 4 rings (SSSR count). The van der Waals surface area contributed by atoms with Crippen molar-refractivity contribution >= 4 is 44.5 Å². The Morgan fingerprint density at radius 3 is 2.59 bits per heavy atom. The molecule has 6 nitrogen and oxygen atoms in total. The molecular weight excluding hydrogens is 545 g/mol. The van der Waals surface area contributed by atoms with Crippen LogP contribution < -0.4 is 10.2 Å². The van der Waals surface area contributed by atoms with Gasteiger partial charge in [-0.1, -0.05) is 27.5 Å². The van der Waals surface area contributed by atoms with Crippen LogP contribution in [0.1, 0.15) is 18.4 Å². The molecule has 1 aromatic heterocycles. The van der Waals surface area contributed by atoms with Crippen molar-refractivity contribution in [3.63, 3.8) is 0 Å². The van der Waals surface area contributed by atoms with Crippen molar-refractivity contribution in [1.29, 1.82) is 0 Å². The lowest BCUT2D eigenvalue weighted by Crippen LogP contribution is -2.37. The number of halogens is 5. The van der Waals surface area contributed by atoms with Gasteiger partial charge in [0.1, 0.15) is 18.1 Å². The number of rotatable bonds is 7. The maximum atomic E-state index is 13.4. The maximum Gasteiger partial charge on any atom is 0.417 e. The Kier molecular flexibility index (Phi) is 6.93. The Balaban J connectivity index is 1.59. The summed E-state index contributed by atoms with van der Waals surface area (Å²) in [6.45, 7) is 0.319. The molecule has 1 fully saturated rings. The Morgan fingerprint density at radius 1 is 1.18 bits per heavy atom. The Morgan fingerprint density at radius 2 is 1.91 bits per heavy atom. The number of carboxylic acids is 1. The second kappa shape index (κ2) is 9.59. The summed E-state index contributed by atoms with van der Waals surface area (Å²) >= 11 is 9.40. The van der Waals surface area contributed by atoms with Crippen molar-refractivity contribution in [3.8, 4) is 17.1 Å². The van der Waals surface area contributed by atoms with Gasteiger partial charge in [0.05, 0.1) is 40.2 Å². The van der Waals surface area contributed by atoms with Crippen LogP contribution in [0.2, 0.25) is 5.02 Å². The van der Waals surface area contributed by atoms with Crippen LogP contribution in [0.25, 0.3) is 22.3 Å². The van der Waals surface area contributed by atoms with Gasteiger partial charge in [-0.05, 0) is 43.2 Å². The van der Waals surface area contributed by atoms with Crippen LogP contribution >= 0.6 is 27.5 Å². The molecule has 3 aromatic rings. The molecule has 0 bridgehead atoms. The minimum Gasteiger partial charge on any atom is -0.490 e. The van der Waals surface area contributed by atoms with E-state index in [0.717, 1.165) is 18.2 Å². The predicted molar refractivity (Wildman–Crippen MR) is 121 cm³/mol. The van der Waals surface area contributed by atoms with Crippen LogP contribution in [0, 0.1) is 5.92 Å². The van der Waals surface area contributed by atoms with E-state index in [-0.39, 0.29) is 41.6 Å². The van der Waals surface area contributed by atoms with Gasteiger partial charge < -0.3 is 19.0 Å². The smallest absolute Gasteiger partial charge is 0.417 e. The van der Waals surface area contributed by atoms with Gasteiger partial charge >= 0.3 is 12.1 Å². The number of hydrogen-bond acceptors (Lipinski definition) is 5. The number of carboxylic acid groups (broad SMARTS) is 1. The molecule has 1 heterocycles. The van der Waals surface area contributed by atoms with Gasteiger partial charge in [0, 0.05) is 10.5 Å². The number of aliphatic carboxylic acids is 1. The molecule has 0 spiro atoms. The predicted octanol–water partition coefficient (Wildman–Crippen LogP) is 6.15. The average Bonchev–Trinajstić information content (AvgIpc) is 2.71. The highest BCUT2D eigenvalue weighted by atomic mass is 79.9. The van der Waals surface area contributed by atoms with Crippen LogP contribution in [-0.2, 0) is 15.7 Å².